The van der Waals surface area contributed by atoms with Gasteiger partial charge in [-0.2, -0.15) is 0 Å². The van der Waals surface area contributed by atoms with Gasteiger partial charge in [-0.15, -0.1) is 0 Å². The maximum Gasteiger partial charge on any atom is 0.409 e. The number of piperazine rings is 1. The molecule has 0 atom stereocenters. The molecule has 1 amide bonds. The van der Waals surface area contributed by atoms with Gasteiger partial charge < -0.3 is 9.64 Å². The van der Waals surface area contributed by atoms with Gasteiger partial charge in [-0.3, -0.25) is 4.90 Å². The molecule has 0 spiro atoms. The van der Waals surface area contributed by atoms with Crippen LogP contribution in [0.5, 0.6) is 0 Å². The van der Waals surface area contributed by atoms with Crippen LogP contribution in [0.4, 0.5) is 4.79 Å². The summed E-state index contributed by atoms with van der Waals surface area (Å²) in [5.74, 6) is 0. The number of rotatable bonds is 2. The molecular formula is C22H24N2O2. The third-order valence-electron chi connectivity index (χ3n) is 5.23. The Labute approximate surface area is 154 Å². The summed E-state index contributed by atoms with van der Waals surface area (Å²) >= 11 is 0. The minimum Gasteiger partial charge on any atom is -0.450 e. The number of fused-ring (bicyclic) bond motifs is 2. The molecule has 4 heteroatoms. The largest absolute Gasteiger partial charge is 0.450 e. The van der Waals surface area contributed by atoms with Crippen molar-refractivity contribution in [1.82, 2.24) is 9.80 Å². The Balaban J connectivity index is 1.64. The highest BCUT2D eigenvalue weighted by Gasteiger charge is 2.31. The average molecular weight is 348 g/mol. The van der Waals surface area contributed by atoms with Crippen LogP contribution in [0.2, 0.25) is 0 Å². The van der Waals surface area contributed by atoms with E-state index >= 15 is 0 Å². The molecule has 0 N–H and O–H groups in total. The van der Waals surface area contributed by atoms with Crippen molar-refractivity contribution in [2.45, 2.75) is 13.0 Å². The van der Waals surface area contributed by atoms with Gasteiger partial charge in [-0.05, 0) is 29.2 Å². The second-order valence-electron chi connectivity index (χ2n) is 6.72. The Morgan fingerprint density at radius 2 is 1.46 bits per heavy atom. The molecule has 0 aromatic heterocycles. The topological polar surface area (TPSA) is 32.8 Å². The molecule has 0 radical (unpaired) electrons. The van der Waals surface area contributed by atoms with Crippen molar-refractivity contribution in [1.29, 1.82) is 0 Å². The fourth-order valence-corrected chi connectivity index (χ4v) is 3.94. The minimum absolute atomic E-state index is 0.199. The maximum atomic E-state index is 12.0. The van der Waals surface area contributed by atoms with E-state index in [4.69, 9.17) is 4.74 Å². The summed E-state index contributed by atoms with van der Waals surface area (Å²) in [4.78, 5) is 16.3. The Hall–Kier alpha value is -2.59. The smallest absolute Gasteiger partial charge is 0.409 e. The lowest BCUT2D eigenvalue weighted by Crippen LogP contribution is -2.50. The van der Waals surface area contributed by atoms with Gasteiger partial charge in [0.2, 0.25) is 0 Å². The van der Waals surface area contributed by atoms with E-state index in [9.17, 15) is 4.79 Å². The zero-order valence-electron chi connectivity index (χ0n) is 15.1. The Morgan fingerprint density at radius 3 is 2.00 bits per heavy atom. The molecule has 2 aliphatic rings. The van der Waals surface area contributed by atoms with Gasteiger partial charge in [0, 0.05) is 26.2 Å². The molecule has 26 heavy (non-hydrogen) atoms. The van der Waals surface area contributed by atoms with E-state index in [1.54, 1.807) is 0 Å². The van der Waals surface area contributed by atoms with Crippen molar-refractivity contribution < 1.29 is 9.53 Å². The molecule has 0 unspecified atom stereocenters. The minimum atomic E-state index is -0.199. The predicted octanol–water partition coefficient (Wildman–Crippen LogP) is 4.03. The van der Waals surface area contributed by atoms with Crippen LogP contribution in [0.1, 0.15) is 35.2 Å². The van der Waals surface area contributed by atoms with Gasteiger partial charge in [-0.1, -0.05) is 60.7 Å². The third-order valence-corrected chi connectivity index (χ3v) is 5.23. The van der Waals surface area contributed by atoms with Crippen molar-refractivity contribution in [3.05, 3.63) is 70.8 Å². The van der Waals surface area contributed by atoms with Gasteiger partial charge in [-0.25, -0.2) is 4.79 Å². The van der Waals surface area contributed by atoms with E-state index in [1.165, 1.54) is 22.3 Å². The van der Waals surface area contributed by atoms with Crippen LogP contribution in [0.15, 0.2) is 48.5 Å². The van der Waals surface area contributed by atoms with Crippen molar-refractivity contribution in [2.75, 3.05) is 32.8 Å². The number of nitrogens with zero attached hydrogens (tertiary/aromatic N) is 2. The molecule has 2 aromatic carbocycles. The van der Waals surface area contributed by atoms with Crippen LogP contribution in [-0.4, -0.2) is 48.7 Å². The maximum absolute atomic E-state index is 12.0. The van der Waals surface area contributed by atoms with E-state index in [-0.39, 0.29) is 12.1 Å². The standard InChI is InChI=1S/C22H24N2O2/c1-2-26-22(25)24-15-13-23(14-16-24)21-19-9-5-3-7-17(19)11-12-18-8-4-6-10-20(18)21/h3-12,21H,2,13-16H2,1H3. The Kier molecular flexibility index (Phi) is 4.76. The van der Waals surface area contributed by atoms with E-state index in [0.29, 0.717) is 19.7 Å². The second kappa shape index (κ2) is 7.34. The number of carbonyl (C=O) groups excluding carboxylic acids is 1. The summed E-state index contributed by atoms with van der Waals surface area (Å²) in [5.41, 5.74) is 5.19. The number of ether oxygens (including phenoxy) is 1. The molecule has 1 heterocycles. The van der Waals surface area contributed by atoms with E-state index in [1.807, 2.05) is 11.8 Å². The molecule has 0 bridgehead atoms. The quantitative estimate of drug-likeness (QED) is 0.821. The number of benzene rings is 2. The summed E-state index contributed by atoms with van der Waals surface area (Å²) in [6.45, 7) is 5.35. The summed E-state index contributed by atoms with van der Waals surface area (Å²) in [6.07, 6.45) is 4.22. The van der Waals surface area contributed by atoms with Crippen LogP contribution in [0.25, 0.3) is 12.2 Å². The van der Waals surface area contributed by atoms with Crippen molar-refractivity contribution in [3.8, 4) is 0 Å². The van der Waals surface area contributed by atoms with Crippen LogP contribution in [-0.2, 0) is 4.74 Å². The van der Waals surface area contributed by atoms with Gasteiger partial charge in [0.05, 0.1) is 12.6 Å². The summed E-state index contributed by atoms with van der Waals surface area (Å²) in [5, 5.41) is 0. The average Bonchev–Trinajstić information content (AvgIpc) is 2.85. The fourth-order valence-electron chi connectivity index (χ4n) is 3.94. The van der Waals surface area contributed by atoms with E-state index in [0.717, 1.165) is 13.1 Å². The molecule has 4 nitrogen and oxygen atoms in total. The summed E-state index contributed by atoms with van der Waals surface area (Å²) in [7, 11) is 0. The van der Waals surface area contributed by atoms with Crippen molar-refractivity contribution in [2.24, 2.45) is 0 Å². The van der Waals surface area contributed by atoms with Gasteiger partial charge >= 0.3 is 6.09 Å². The third kappa shape index (κ3) is 3.13. The Bertz CT molecular complexity index is 773. The Morgan fingerprint density at radius 1 is 0.923 bits per heavy atom. The number of hydrogen-bond acceptors (Lipinski definition) is 3. The summed E-state index contributed by atoms with van der Waals surface area (Å²) in [6, 6.07) is 17.4. The highest BCUT2D eigenvalue weighted by atomic mass is 16.6. The molecule has 2 aromatic rings. The first kappa shape index (κ1) is 16.9. The number of amides is 1. The number of carbonyl (C=O) groups is 1. The predicted molar refractivity (Wildman–Crippen MR) is 104 cm³/mol. The number of hydrogen-bond donors (Lipinski definition) is 0. The van der Waals surface area contributed by atoms with Crippen molar-refractivity contribution in [3.63, 3.8) is 0 Å². The lowest BCUT2D eigenvalue weighted by atomic mass is 9.92. The second-order valence-corrected chi connectivity index (χ2v) is 6.72. The SMILES string of the molecule is CCOC(=O)N1CCN(C2c3ccccc3C=Cc3ccccc32)CC1. The van der Waals surface area contributed by atoms with Crippen molar-refractivity contribution >= 4 is 18.2 Å². The van der Waals surface area contributed by atoms with Crippen LogP contribution >= 0.6 is 0 Å². The van der Waals surface area contributed by atoms with Gasteiger partial charge in [0.15, 0.2) is 0 Å². The lowest BCUT2D eigenvalue weighted by Gasteiger charge is -2.39. The normalized spacial score (nSPS) is 17.3. The van der Waals surface area contributed by atoms with Crippen LogP contribution in [0, 0.1) is 0 Å². The van der Waals surface area contributed by atoms with Gasteiger partial charge in [0.1, 0.15) is 0 Å². The molecule has 1 aliphatic carbocycles. The zero-order chi connectivity index (χ0) is 17.9. The van der Waals surface area contributed by atoms with E-state index < -0.39 is 0 Å². The lowest BCUT2D eigenvalue weighted by molar-refractivity contribution is 0.0715. The van der Waals surface area contributed by atoms with Crippen LogP contribution in [0.3, 0.4) is 0 Å². The molecule has 1 aliphatic heterocycles. The van der Waals surface area contributed by atoms with E-state index in [2.05, 4.69) is 65.6 Å². The first-order chi connectivity index (χ1) is 12.8. The highest BCUT2D eigenvalue weighted by molar-refractivity contribution is 5.76. The highest BCUT2D eigenvalue weighted by Crippen LogP contribution is 2.37. The molecule has 0 saturated carbocycles. The molecule has 4 rings (SSSR count). The van der Waals surface area contributed by atoms with Gasteiger partial charge in [0.25, 0.3) is 0 Å². The first-order valence-electron chi connectivity index (χ1n) is 9.29. The first-order valence-corrected chi connectivity index (χ1v) is 9.29. The monoisotopic (exact) mass is 348 g/mol. The van der Waals surface area contributed by atoms with Crippen LogP contribution < -0.4 is 0 Å². The molecular weight excluding hydrogens is 324 g/mol. The summed E-state index contributed by atoms with van der Waals surface area (Å²) < 4.78 is 5.15. The molecule has 134 valence electrons. The fraction of sp³-hybridized carbons (Fsp3) is 0.318. The molecule has 1 saturated heterocycles. The molecule has 1 fully saturated rings. The zero-order valence-corrected chi connectivity index (χ0v) is 15.1.